The Morgan fingerprint density at radius 2 is 1.28 bits per heavy atom. The Kier molecular flexibility index (Phi) is 11.9. The molecule has 0 saturated carbocycles. The molecule has 0 saturated heterocycles. The molecule has 0 unspecified atom stereocenters. The first kappa shape index (κ1) is 42.9. The van der Waals surface area contributed by atoms with Crippen molar-refractivity contribution in [3.05, 3.63) is 205 Å². The Morgan fingerprint density at radius 1 is 0.594 bits per heavy atom. The number of hydrogen-bond donors (Lipinski definition) is 0. The van der Waals surface area contributed by atoms with Crippen molar-refractivity contribution in [3.8, 4) is 50.6 Å². The van der Waals surface area contributed by atoms with E-state index in [-0.39, 0.29) is 25.9 Å². The molecule has 0 aliphatic heterocycles. The molecule has 1 radical (unpaired) electrons. The molecule has 0 aliphatic rings. The van der Waals surface area contributed by atoms with Crippen LogP contribution in [0.15, 0.2) is 176 Å². The smallest absolute Gasteiger partial charge is 0.123 e. The SMILES string of the molecule is C[Si](C)(C)c1ccc(-c2[c-]cccc2)nc1.Cc1cc(-c2ccccc2)cc(C)c1-n1c(-c2[c-]ccc3c2sc2c4ccc(-c5ccc(F)cc5)cc4ccc32)nc2ccccc21.[Ir]. The van der Waals surface area contributed by atoms with Crippen LogP contribution in [0.5, 0.6) is 0 Å². The maximum atomic E-state index is 13.6. The normalized spacial score (nSPS) is 11.5. The van der Waals surface area contributed by atoms with E-state index in [0.29, 0.717) is 0 Å². The number of aromatic nitrogens is 3. The van der Waals surface area contributed by atoms with Crippen LogP contribution in [0.3, 0.4) is 0 Å². The summed E-state index contributed by atoms with van der Waals surface area (Å²) in [7, 11) is -1.23. The quantitative estimate of drug-likeness (QED) is 0.123. The molecule has 0 aliphatic carbocycles. The van der Waals surface area contributed by atoms with Crippen LogP contribution in [-0.2, 0) is 20.1 Å². The molecule has 64 heavy (non-hydrogen) atoms. The van der Waals surface area contributed by atoms with Gasteiger partial charge in [-0.15, -0.1) is 54.1 Å². The fraction of sp³-hybridized carbons (Fsp3) is 0.0877. The van der Waals surface area contributed by atoms with Gasteiger partial charge >= 0.3 is 0 Å². The fourth-order valence-electron chi connectivity index (χ4n) is 8.59. The summed E-state index contributed by atoms with van der Waals surface area (Å²) in [5, 5.41) is 6.19. The van der Waals surface area contributed by atoms with E-state index in [1.54, 1.807) is 11.3 Å². The van der Waals surface area contributed by atoms with Gasteiger partial charge in [0.1, 0.15) is 5.82 Å². The first-order chi connectivity index (χ1) is 30.6. The predicted molar refractivity (Wildman–Crippen MR) is 268 cm³/mol. The molecule has 11 aromatic rings. The summed E-state index contributed by atoms with van der Waals surface area (Å²) in [4.78, 5) is 9.79. The Hall–Kier alpha value is -6.34. The summed E-state index contributed by atoms with van der Waals surface area (Å²) < 4.78 is 18.3. The second-order valence-corrected chi connectivity index (χ2v) is 23.2. The summed E-state index contributed by atoms with van der Waals surface area (Å²) >= 11 is 1.80. The van der Waals surface area contributed by atoms with Crippen LogP contribution in [0, 0.1) is 31.8 Å². The number of imidazole rings is 1. The van der Waals surface area contributed by atoms with Gasteiger partial charge in [-0.05, 0) is 121 Å². The van der Waals surface area contributed by atoms with Crippen LogP contribution < -0.4 is 5.19 Å². The minimum atomic E-state index is -1.23. The topological polar surface area (TPSA) is 30.7 Å². The van der Waals surface area contributed by atoms with Crippen LogP contribution >= 0.6 is 11.3 Å². The fourth-order valence-corrected chi connectivity index (χ4v) is 11.0. The number of fused-ring (bicyclic) bond motifs is 6. The standard InChI is InChI=1S/C43H28FN2S.C14H16NSi.Ir/c1-26-23-32(28-9-4-3-5-10-28)24-27(2)40(26)46-39-14-7-6-13-38(39)45-43(46)37-12-8-11-35-36-22-18-31-25-30(29-15-19-33(44)20-16-29)17-21-34(31)41(36)47-42(35)37;1-16(2,3)13-9-10-14(15-11-13)12-7-5-4-6-8-12;/h3-11,13-25H,1-2H3;4-7,9-11H,1-3H3;/q2*-1;. The number of halogens is 1. The van der Waals surface area contributed by atoms with Crippen molar-refractivity contribution in [1.29, 1.82) is 0 Å². The molecule has 3 nitrogen and oxygen atoms in total. The molecule has 11 rings (SSSR count). The van der Waals surface area contributed by atoms with Crippen LogP contribution in [0.4, 0.5) is 4.39 Å². The molecular formula is C57H44FIrN3SSi-2. The average molecular weight is 1040 g/mol. The number of para-hydroxylation sites is 2. The van der Waals surface area contributed by atoms with E-state index in [4.69, 9.17) is 4.98 Å². The molecule has 315 valence electrons. The maximum absolute atomic E-state index is 13.6. The predicted octanol–water partition coefficient (Wildman–Crippen LogP) is 15.2. The summed E-state index contributed by atoms with van der Waals surface area (Å²) in [5.41, 5.74) is 13.1. The summed E-state index contributed by atoms with van der Waals surface area (Å²) in [6.07, 6.45) is 2.02. The molecule has 0 bridgehead atoms. The first-order valence-electron chi connectivity index (χ1n) is 21.2. The van der Waals surface area contributed by atoms with Crippen LogP contribution in [0.2, 0.25) is 19.6 Å². The zero-order valence-electron chi connectivity index (χ0n) is 36.2. The molecule has 0 N–H and O–H groups in total. The van der Waals surface area contributed by atoms with Gasteiger partial charge in [-0.25, -0.2) is 4.39 Å². The van der Waals surface area contributed by atoms with E-state index in [1.807, 2.05) is 48.7 Å². The van der Waals surface area contributed by atoms with Crippen molar-refractivity contribution in [3.63, 3.8) is 0 Å². The molecular weight excluding hydrogens is 998 g/mol. The van der Waals surface area contributed by atoms with Gasteiger partial charge in [-0.1, -0.05) is 122 Å². The van der Waals surface area contributed by atoms with E-state index in [0.717, 1.165) is 55.9 Å². The van der Waals surface area contributed by atoms with E-state index in [2.05, 4.69) is 170 Å². The van der Waals surface area contributed by atoms with Crippen molar-refractivity contribution in [2.75, 3.05) is 0 Å². The molecule has 0 atom stereocenters. The van der Waals surface area contributed by atoms with Gasteiger partial charge in [0.25, 0.3) is 0 Å². The van der Waals surface area contributed by atoms with Crippen molar-refractivity contribution < 1.29 is 24.5 Å². The second kappa shape index (κ2) is 17.7. The summed E-state index contributed by atoms with van der Waals surface area (Å²) in [6, 6.07) is 64.4. The van der Waals surface area contributed by atoms with Crippen molar-refractivity contribution >= 4 is 66.6 Å². The third-order valence-electron chi connectivity index (χ3n) is 11.8. The number of rotatable bonds is 6. The van der Waals surface area contributed by atoms with Crippen molar-refractivity contribution in [2.24, 2.45) is 0 Å². The van der Waals surface area contributed by atoms with Crippen LogP contribution in [0.25, 0.3) is 92.6 Å². The number of pyridine rings is 1. The van der Waals surface area contributed by atoms with Gasteiger partial charge in [0.15, 0.2) is 0 Å². The van der Waals surface area contributed by atoms with Crippen LogP contribution in [-0.4, -0.2) is 22.6 Å². The van der Waals surface area contributed by atoms with Gasteiger partial charge in [-0.3, -0.25) is 4.98 Å². The monoisotopic (exact) mass is 1040 g/mol. The molecule has 3 heterocycles. The number of nitrogens with zero attached hydrogens (tertiary/aromatic N) is 3. The Labute approximate surface area is 392 Å². The van der Waals surface area contributed by atoms with E-state index < -0.39 is 8.07 Å². The van der Waals surface area contributed by atoms with Crippen molar-refractivity contribution in [2.45, 2.75) is 33.5 Å². The van der Waals surface area contributed by atoms with Gasteiger partial charge in [-0.2, -0.15) is 11.3 Å². The van der Waals surface area contributed by atoms with Crippen molar-refractivity contribution in [1.82, 2.24) is 14.5 Å². The summed E-state index contributed by atoms with van der Waals surface area (Å²) in [6.45, 7) is 11.4. The zero-order chi connectivity index (χ0) is 43.2. The third-order valence-corrected chi connectivity index (χ3v) is 15.1. The molecule has 8 aromatic carbocycles. The summed E-state index contributed by atoms with van der Waals surface area (Å²) in [5.74, 6) is 0.669. The molecule has 0 spiro atoms. The number of hydrogen-bond acceptors (Lipinski definition) is 3. The second-order valence-electron chi connectivity index (χ2n) is 17.1. The van der Waals surface area contributed by atoms with E-state index in [9.17, 15) is 4.39 Å². The largest absolute Gasteiger partial charge is 0.333 e. The minimum absolute atomic E-state index is 0. The maximum Gasteiger partial charge on any atom is 0.123 e. The minimum Gasteiger partial charge on any atom is -0.333 e. The Bertz CT molecular complexity index is 3420. The van der Waals surface area contributed by atoms with Gasteiger partial charge < -0.3 is 9.55 Å². The zero-order valence-corrected chi connectivity index (χ0v) is 40.4. The Balaban J connectivity index is 0.000000258. The number of benzene rings is 8. The number of thiophene rings is 1. The Morgan fingerprint density at radius 3 is 2.00 bits per heavy atom. The molecule has 0 amide bonds. The average Bonchev–Trinajstić information content (AvgIpc) is 3.89. The molecule has 3 aromatic heterocycles. The molecule has 0 fully saturated rings. The van der Waals surface area contributed by atoms with Crippen LogP contribution in [0.1, 0.15) is 11.1 Å². The first-order valence-corrected chi connectivity index (χ1v) is 25.6. The van der Waals surface area contributed by atoms with E-state index >= 15 is 0 Å². The van der Waals surface area contributed by atoms with Gasteiger partial charge in [0.2, 0.25) is 0 Å². The molecule has 7 heteroatoms. The van der Waals surface area contributed by atoms with Gasteiger partial charge in [0, 0.05) is 36.7 Å². The number of aryl methyl sites for hydroxylation is 2. The third kappa shape index (κ3) is 8.17. The van der Waals surface area contributed by atoms with E-state index in [1.165, 1.54) is 65.1 Å². The van der Waals surface area contributed by atoms with Gasteiger partial charge in [0.05, 0.1) is 24.9 Å².